The summed E-state index contributed by atoms with van der Waals surface area (Å²) in [6.07, 6.45) is 0. The standard InChI is InChI=1S/C19H16BrO2P/c1-22-16-12-15(20)13-19(14-16)23(21,17-8-4-2-5-9-17)18-10-6-3-7-11-18/h2-14H,1H3. The third-order valence-electron chi connectivity index (χ3n) is 3.69. The molecule has 4 heteroatoms. The molecule has 116 valence electrons. The summed E-state index contributed by atoms with van der Waals surface area (Å²) in [5.41, 5.74) is 0. The molecule has 0 radical (unpaired) electrons. The molecule has 0 saturated carbocycles. The molecule has 0 heterocycles. The van der Waals surface area contributed by atoms with Crippen molar-refractivity contribution in [1.82, 2.24) is 0 Å². The minimum absolute atomic E-state index is 0.682. The van der Waals surface area contributed by atoms with Gasteiger partial charge in [0, 0.05) is 20.4 Å². The van der Waals surface area contributed by atoms with Gasteiger partial charge in [-0.15, -0.1) is 0 Å². The minimum atomic E-state index is -2.95. The van der Waals surface area contributed by atoms with Crippen LogP contribution in [0.25, 0.3) is 0 Å². The number of benzene rings is 3. The first-order valence-corrected chi connectivity index (χ1v) is 9.71. The van der Waals surface area contributed by atoms with Gasteiger partial charge in [-0.3, -0.25) is 0 Å². The number of rotatable bonds is 4. The number of methoxy groups -OCH3 is 1. The van der Waals surface area contributed by atoms with Crippen molar-refractivity contribution in [3.8, 4) is 5.75 Å². The molecule has 3 aromatic rings. The van der Waals surface area contributed by atoms with Crippen LogP contribution < -0.4 is 20.7 Å². The largest absolute Gasteiger partial charge is 0.497 e. The summed E-state index contributed by atoms with van der Waals surface area (Å²) in [5, 5.41) is 2.37. The van der Waals surface area contributed by atoms with Gasteiger partial charge in [-0.25, -0.2) is 0 Å². The second-order valence-corrected chi connectivity index (χ2v) is 8.81. The van der Waals surface area contributed by atoms with Crippen LogP contribution in [-0.2, 0) is 4.57 Å². The monoisotopic (exact) mass is 386 g/mol. The SMILES string of the molecule is COc1cc(Br)cc(P(=O)(c2ccccc2)c2ccccc2)c1. The van der Waals surface area contributed by atoms with E-state index in [4.69, 9.17) is 4.74 Å². The lowest BCUT2D eigenvalue weighted by molar-refractivity contribution is 0.415. The lowest BCUT2D eigenvalue weighted by Gasteiger charge is -2.20. The second-order valence-electron chi connectivity index (χ2n) is 5.13. The molecule has 0 aliphatic rings. The van der Waals surface area contributed by atoms with Gasteiger partial charge in [0.2, 0.25) is 0 Å². The zero-order valence-electron chi connectivity index (χ0n) is 12.6. The molecule has 3 rings (SSSR count). The number of ether oxygens (including phenoxy) is 1. The Kier molecular flexibility index (Phi) is 4.70. The van der Waals surface area contributed by atoms with Gasteiger partial charge in [-0.05, 0) is 18.2 Å². The summed E-state index contributed by atoms with van der Waals surface area (Å²) in [6, 6.07) is 24.8. The maximum absolute atomic E-state index is 14.2. The lowest BCUT2D eigenvalue weighted by Crippen LogP contribution is -2.25. The maximum atomic E-state index is 14.2. The van der Waals surface area contributed by atoms with Crippen molar-refractivity contribution in [3.05, 3.63) is 83.3 Å². The highest BCUT2D eigenvalue weighted by atomic mass is 79.9. The van der Waals surface area contributed by atoms with E-state index in [-0.39, 0.29) is 0 Å². The van der Waals surface area contributed by atoms with E-state index in [0.717, 1.165) is 20.4 Å². The van der Waals surface area contributed by atoms with Crippen molar-refractivity contribution < 1.29 is 9.30 Å². The molecule has 0 fully saturated rings. The van der Waals surface area contributed by atoms with Crippen molar-refractivity contribution >= 4 is 39.0 Å². The average molecular weight is 387 g/mol. The van der Waals surface area contributed by atoms with Crippen LogP contribution >= 0.6 is 23.1 Å². The Hall–Kier alpha value is -1.83. The Morgan fingerprint density at radius 3 is 1.78 bits per heavy atom. The zero-order valence-corrected chi connectivity index (χ0v) is 15.1. The minimum Gasteiger partial charge on any atom is -0.497 e. The Morgan fingerprint density at radius 1 is 0.783 bits per heavy atom. The molecule has 0 atom stereocenters. The summed E-state index contributed by atoms with van der Waals surface area (Å²) >= 11 is 3.49. The van der Waals surface area contributed by atoms with Gasteiger partial charge in [0.1, 0.15) is 5.75 Å². The fraction of sp³-hybridized carbons (Fsp3) is 0.0526. The highest BCUT2D eigenvalue weighted by Gasteiger charge is 2.30. The quantitative estimate of drug-likeness (QED) is 0.631. The van der Waals surface area contributed by atoms with Gasteiger partial charge >= 0.3 is 0 Å². The fourth-order valence-corrected chi connectivity index (χ4v) is 5.93. The van der Waals surface area contributed by atoms with Crippen LogP contribution in [0.1, 0.15) is 0 Å². The summed E-state index contributed by atoms with van der Waals surface area (Å²) < 4.78 is 20.4. The topological polar surface area (TPSA) is 26.3 Å². The summed E-state index contributed by atoms with van der Waals surface area (Å²) in [5.74, 6) is 0.682. The number of hydrogen-bond acceptors (Lipinski definition) is 2. The third-order valence-corrected chi connectivity index (χ3v) is 7.19. The molecule has 0 bridgehead atoms. The lowest BCUT2D eigenvalue weighted by atomic mass is 10.3. The number of hydrogen-bond donors (Lipinski definition) is 0. The average Bonchev–Trinajstić information content (AvgIpc) is 2.62. The van der Waals surface area contributed by atoms with Crippen LogP contribution in [0, 0.1) is 0 Å². The molecule has 3 aromatic carbocycles. The first kappa shape index (κ1) is 16.0. The number of halogens is 1. The van der Waals surface area contributed by atoms with Gasteiger partial charge in [0.25, 0.3) is 0 Å². The molecule has 0 saturated heterocycles. The highest BCUT2D eigenvalue weighted by molar-refractivity contribution is 9.10. The van der Waals surface area contributed by atoms with E-state index in [1.165, 1.54) is 0 Å². The molecule has 0 unspecified atom stereocenters. The second kappa shape index (κ2) is 6.74. The van der Waals surface area contributed by atoms with Crippen LogP contribution in [0.15, 0.2) is 83.3 Å². The van der Waals surface area contributed by atoms with Crippen molar-refractivity contribution in [1.29, 1.82) is 0 Å². The van der Waals surface area contributed by atoms with Crippen LogP contribution in [0.3, 0.4) is 0 Å². The van der Waals surface area contributed by atoms with Crippen LogP contribution in [0.4, 0.5) is 0 Å². The highest BCUT2D eigenvalue weighted by Crippen LogP contribution is 2.43. The molecule has 0 amide bonds. The van der Waals surface area contributed by atoms with E-state index in [2.05, 4.69) is 15.9 Å². The third kappa shape index (κ3) is 3.12. The Morgan fingerprint density at radius 2 is 1.30 bits per heavy atom. The van der Waals surface area contributed by atoms with Crippen molar-refractivity contribution in [2.24, 2.45) is 0 Å². The molecular formula is C19H16BrO2P. The van der Waals surface area contributed by atoms with E-state index in [9.17, 15) is 4.57 Å². The first-order chi connectivity index (χ1) is 11.1. The molecule has 0 spiro atoms. The zero-order chi connectivity index (χ0) is 16.3. The van der Waals surface area contributed by atoms with Gasteiger partial charge < -0.3 is 9.30 Å². The molecule has 0 N–H and O–H groups in total. The molecular weight excluding hydrogens is 371 g/mol. The Labute approximate surface area is 144 Å². The van der Waals surface area contributed by atoms with Gasteiger partial charge in [-0.1, -0.05) is 76.6 Å². The van der Waals surface area contributed by atoms with Crippen LogP contribution in [0.2, 0.25) is 0 Å². The molecule has 0 aliphatic heterocycles. The summed E-state index contributed by atoms with van der Waals surface area (Å²) in [6.45, 7) is 0. The predicted octanol–water partition coefficient (Wildman–Crippen LogP) is 4.10. The maximum Gasteiger partial charge on any atom is 0.171 e. The van der Waals surface area contributed by atoms with E-state index in [1.807, 2.05) is 78.9 Å². The van der Waals surface area contributed by atoms with Gasteiger partial charge in [0.15, 0.2) is 7.14 Å². The van der Waals surface area contributed by atoms with Crippen molar-refractivity contribution in [2.75, 3.05) is 7.11 Å². The molecule has 0 aliphatic carbocycles. The Balaban J connectivity index is 2.30. The first-order valence-electron chi connectivity index (χ1n) is 7.21. The summed E-state index contributed by atoms with van der Waals surface area (Å²) in [7, 11) is -1.34. The van der Waals surface area contributed by atoms with E-state index in [0.29, 0.717) is 5.75 Å². The van der Waals surface area contributed by atoms with E-state index < -0.39 is 7.14 Å². The predicted molar refractivity (Wildman–Crippen MR) is 100 cm³/mol. The van der Waals surface area contributed by atoms with Crippen LogP contribution in [-0.4, -0.2) is 7.11 Å². The van der Waals surface area contributed by atoms with Crippen LogP contribution in [0.5, 0.6) is 5.75 Å². The van der Waals surface area contributed by atoms with Crippen molar-refractivity contribution in [3.63, 3.8) is 0 Å². The van der Waals surface area contributed by atoms with E-state index >= 15 is 0 Å². The molecule has 23 heavy (non-hydrogen) atoms. The van der Waals surface area contributed by atoms with E-state index in [1.54, 1.807) is 7.11 Å². The normalized spacial score (nSPS) is 11.2. The summed E-state index contributed by atoms with van der Waals surface area (Å²) in [4.78, 5) is 0. The molecule has 2 nitrogen and oxygen atoms in total. The fourth-order valence-electron chi connectivity index (χ4n) is 2.57. The van der Waals surface area contributed by atoms with Gasteiger partial charge in [-0.2, -0.15) is 0 Å². The molecule has 0 aromatic heterocycles. The smallest absolute Gasteiger partial charge is 0.171 e. The Bertz CT molecular complexity index is 804. The van der Waals surface area contributed by atoms with Crippen molar-refractivity contribution in [2.45, 2.75) is 0 Å². The van der Waals surface area contributed by atoms with Gasteiger partial charge in [0.05, 0.1) is 7.11 Å².